The molecule has 0 saturated heterocycles. The molecule has 1 heterocycles. The summed E-state index contributed by atoms with van der Waals surface area (Å²) in [5.41, 5.74) is 0.692. The second kappa shape index (κ2) is 8.31. The molecule has 1 amide bonds. The van der Waals surface area contributed by atoms with Gasteiger partial charge in [-0.05, 0) is 31.0 Å². The average molecular weight is 426 g/mol. The number of methoxy groups -OCH3 is 2. The van der Waals surface area contributed by atoms with Crippen LogP contribution in [0.1, 0.15) is 17.0 Å². The van der Waals surface area contributed by atoms with E-state index in [1.165, 1.54) is 11.3 Å². The Morgan fingerprint density at radius 1 is 1.13 bits per heavy atom. The Morgan fingerprint density at radius 2 is 1.90 bits per heavy atom. The molecule has 7 nitrogen and oxygen atoms in total. The van der Waals surface area contributed by atoms with Crippen LogP contribution in [-0.4, -0.2) is 36.9 Å². The van der Waals surface area contributed by atoms with Gasteiger partial charge in [-0.3, -0.25) is 4.79 Å². The van der Waals surface area contributed by atoms with Crippen molar-refractivity contribution in [2.45, 2.75) is 18.8 Å². The fourth-order valence-electron chi connectivity index (χ4n) is 3.64. The highest BCUT2D eigenvalue weighted by Gasteiger charge is 2.60. The summed E-state index contributed by atoms with van der Waals surface area (Å²) in [6.07, 6.45) is 0.702. The molecular weight excluding hydrogens is 402 g/mol. The van der Waals surface area contributed by atoms with Crippen LogP contribution in [0.15, 0.2) is 48.5 Å². The largest absolute Gasteiger partial charge is 0.493 e. The number of nitrogens with one attached hydrogen (secondary N) is 1. The Bertz CT molecular complexity index is 1040. The van der Waals surface area contributed by atoms with Gasteiger partial charge in [-0.1, -0.05) is 41.7 Å². The van der Waals surface area contributed by atoms with Crippen molar-refractivity contribution in [3.8, 4) is 17.2 Å². The molecule has 0 spiro atoms. The Morgan fingerprint density at radius 3 is 2.57 bits per heavy atom. The number of benzene rings is 2. The van der Waals surface area contributed by atoms with E-state index in [9.17, 15) is 4.79 Å². The van der Waals surface area contributed by atoms with Crippen molar-refractivity contribution >= 4 is 22.4 Å². The molecule has 8 heteroatoms. The maximum Gasteiger partial charge on any atom is 0.230 e. The molecule has 3 aromatic rings. The van der Waals surface area contributed by atoms with E-state index in [0.29, 0.717) is 35.4 Å². The zero-order valence-corrected chi connectivity index (χ0v) is 17.9. The lowest BCUT2D eigenvalue weighted by Gasteiger charge is -2.19. The Labute approximate surface area is 179 Å². The van der Waals surface area contributed by atoms with E-state index in [4.69, 9.17) is 14.2 Å². The Kier molecular flexibility index (Phi) is 5.59. The van der Waals surface area contributed by atoms with Crippen LogP contribution < -0.4 is 19.5 Å². The van der Waals surface area contributed by atoms with E-state index in [1.807, 2.05) is 43.3 Å². The minimum atomic E-state index is -0.391. The number of amides is 1. The van der Waals surface area contributed by atoms with Crippen LogP contribution in [0, 0.1) is 12.8 Å². The number of hydrogen-bond donors (Lipinski definition) is 1. The first-order valence-corrected chi connectivity index (χ1v) is 10.4. The van der Waals surface area contributed by atoms with Gasteiger partial charge in [-0.15, -0.1) is 10.2 Å². The van der Waals surface area contributed by atoms with Crippen LogP contribution in [-0.2, 0) is 10.2 Å². The Hall–Kier alpha value is -3.13. The average Bonchev–Trinajstić information content (AvgIpc) is 3.39. The van der Waals surface area contributed by atoms with Crippen molar-refractivity contribution in [3.63, 3.8) is 0 Å². The zero-order valence-electron chi connectivity index (χ0n) is 17.0. The third-order valence-electron chi connectivity index (χ3n) is 5.35. The third kappa shape index (κ3) is 3.95. The normalized spacial score (nSPS) is 19.8. The van der Waals surface area contributed by atoms with E-state index < -0.39 is 5.41 Å². The fraction of sp³-hybridized carbons (Fsp3) is 0.318. The quantitative estimate of drug-likeness (QED) is 0.591. The van der Waals surface area contributed by atoms with Crippen molar-refractivity contribution < 1.29 is 19.0 Å². The van der Waals surface area contributed by atoms with Gasteiger partial charge in [0.1, 0.15) is 10.8 Å². The molecule has 2 aromatic carbocycles. The van der Waals surface area contributed by atoms with Crippen LogP contribution in [0.4, 0.5) is 5.13 Å². The van der Waals surface area contributed by atoms with Gasteiger partial charge in [0.25, 0.3) is 0 Å². The van der Waals surface area contributed by atoms with Crippen LogP contribution in [0.5, 0.6) is 17.2 Å². The number of aromatic nitrogens is 2. The second-order valence-corrected chi connectivity index (χ2v) is 8.38. The topological polar surface area (TPSA) is 82.6 Å². The predicted octanol–water partition coefficient (Wildman–Crippen LogP) is 3.84. The van der Waals surface area contributed by atoms with E-state index in [1.54, 1.807) is 26.4 Å². The molecule has 0 aliphatic heterocycles. The van der Waals surface area contributed by atoms with Gasteiger partial charge in [-0.2, -0.15) is 0 Å². The molecule has 1 aliphatic rings. The predicted molar refractivity (Wildman–Crippen MR) is 115 cm³/mol. The number of carbonyl (C=O) groups excluding carboxylic acids is 1. The van der Waals surface area contributed by atoms with Crippen molar-refractivity contribution in [2.24, 2.45) is 5.92 Å². The molecule has 2 unspecified atom stereocenters. The molecule has 30 heavy (non-hydrogen) atoms. The molecule has 1 aromatic heterocycles. The van der Waals surface area contributed by atoms with Crippen molar-refractivity contribution in [3.05, 3.63) is 59.1 Å². The molecule has 2 atom stereocenters. The lowest BCUT2D eigenvalue weighted by molar-refractivity contribution is -0.117. The first-order valence-electron chi connectivity index (χ1n) is 9.57. The highest BCUT2D eigenvalue weighted by atomic mass is 32.1. The lowest BCUT2D eigenvalue weighted by Crippen LogP contribution is -2.26. The number of hydrogen-bond acceptors (Lipinski definition) is 7. The first kappa shape index (κ1) is 20.2. The minimum Gasteiger partial charge on any atom is -0.493 e. The monoisotopic (exact) mass is 425 g/mol. The van der Waals surface area contributed by atoms with Gasteiger partial charge in [0.05, 0.1) is 26.7 Å². The summed E-state index contributed by atoms with van der Waals surface area (Å²) in [6, 6.07) is 15.4. The van der Waals surface area contributed by atoms with E-state index in [2.05, 4.69) is 15.5 Å². The molecule has 1 fully saturated rings. The summed E-state index contributed by atoms with van der Waals surface area (Å²) >= 11 is 1.36. The third-order valence-corrected chi connectivity index (χ3v) is 6.10. The highest BCUT2D eigenvalue weighted by Crippen LogP contribution is 2.55. The molecule has 1 saturated carbocycles. The zero-order chi connectivity index (χ0) is 21.1. The van der Waals surface area contributed by atoms with E-state index in [0.717, 1.165) is 10.6 Å². The van der Waals surface area contributed by atoms with Crippen LogP contribution >= 0.6 is 11.3 Å². The first-order chi connectivity index (χ1) is 14.6. The molecule has 156 valence electrons. The minimum absolute atomic E-state index is 0.0640. The second-order valence-electron chi connectivity index (χ2n) is 7.20. The summed E-state index contributed by atoms with van der Waals surface area (Å²) in [4.78, 5) is 12.9. The standard InChI is InChI=1S/C22H23N3O4S/c1-14-24-25-21(30-14)23-20(26)17-12-22(17,15-7-5-4-6-8-15)13-29-16-9-10-18(27-2)19(11-16)28-3/h4-11,17H,12-13H2,1-3H3,(H,23,25,26). The summed E-state index contributed by atoms with van der Waals surface area (Å²) in [6.45, 7) is 2.23. The molecule has 0 bridgehead atoms. The molecule has 0 radical (unpaired) electrons. The fourth-order valence-corrected chi connectivity index (χ4v) is 4.23. The van der Waals surface area contributed by atoms with Gasteiger partial charge in [0, 0.05) is 11.5 Å². The lowest BCUT2D eigenvalue weighted by atomic mass is 9.94. The molecule has 4 rings (SSSR count). The summed E-state index contributed by atoms with van der Waals surface area (Å²) in [5, 5.41) is 12.2. The highest BCUT2D eigenvalue weighted by molar-refractivity contribution is 7.15. The van der Waals surface area contributed by atoms with Crippen LogP contribution in [0.2, 0.25) is 0 Å². The van der Waals surface area contributed by atoms with Gasteiger partial charge in [-0.25, -0.2) is 0 Å². The maximum atomic E-state index is 12.9. The van der Waals surface area contributed by atoms with Crippen LogP contribution in [0.3, 0.4) is 0 Å². The van der Waals surface area contributed by atoms with Gasteiger partial charge >= 0.3 is 0 Å². The van der Waals surface area contributed by atoms with Gasteiger partial charge in [0.2, 0.25) is 11.0 Å². The van der Waals surface area contributed by atoms with E-state index >= 15 is 0 Å². The maximum absolute atomic E-state index is 12.9. The number of nitrogens with zero attached hydrogens (tertiary/aromatic N) is 2. The number of anilines is 1. The number of carbonyl (C=O) groups is 1. The number of aryl methyl sites for hydroxylation is 1. The number of ether oxygens (including phenoxy) is 3. The number of rotatable bonds is 8. The summed E-state index contributed by atoms with van der Waals surface area (Å²) in [5.74, 6) is 1.63. The van der Waals surface area contributed by atoms with Gasteiger partial charge in [0.15, 0.2) is 11.5 Å². The summed E-state index contributed by atoms with van der Waals surface area (Å²) in [7, 11) is 3.18. The molecular formula is C22H23N3O4S. The smallest absolute Gasteiger partial charge is 0.230 e. The van der Waals surface area contributed by atoms with Crippen molar-refractivity contribution in [1.29, 1.82) is 0 Å². The van der Waals surface area contributed by atoms with Crippen molar-refractivity contribution in [2.75, 3.05) is 26.1 Å². The van der Waals surface area contributed by atoms with Crippen molar-refractivity contribution in [1.82, 2.24) is 10.2 Å². The SMILES string of the molecule is COc1ccc(OCC2(c3ccccc3)CC2C(=O)Nc2nnc(C)s2)cc1OC. The summed E-state index contributed by atoms with van der Waals surface area (Å²) < 4.78 is 16.8. The molecule has 1 aliphatic carbocycles. The van der Waals surface area contributed by atoms with Crippen LogP contribution in [0.25, 0.3) is 0 Å². The Balaban J connectivity index is 1.53. The van der Waals surface area contributed by atoms with Gasteiger partial charge < -0.3 is 19.5 Å². The molecule has 1 N–H and O–H groups in total. The van der Waals surface area contributed by atoms with E-state index in [-0.39, 0.29) is 11.8 Å².